The third-order valence-corrected chi connectivity index (χ3v) is 2.32. The molecular formula is C14H14CdN6. The van der Waals surface area contributed by atoms with Gasteiger partial charge >= 0.3 is 0 Å². The molecule has 2 N–H and O–H groups in total. The van der Waals surface area contributed by atoms with E-state index in [0.29, 0.717) is 0 Å². The van der Waals surface area contributed by atoms with Crippen LogP contribution in [0.4, 0.5) is 0 Å². The number of hydrogen-bond acceptors (Lipinski definition) is 4. The quantitative estimate of drug-likeness (QED) is 0.460. The number of rotatable bonds is 0. The molecule has 0 aliphatic carbocycles. The van der Waals surface area contributed by atoms with Gasteiger partial charge in [-0.05, 0) is 10.8 Å². The fourth-order valence-electron chi connectivity index (χ4n) is 1.47. The Morgan fingerprint density at radius 1 is 0.524 bits per heavy atom. The number of aromatic amines is 2. The summed E-state index contributed by atoms with van der Waals surface area (Å²) >= 11 is 0. The van der Waals surface area contributed by atoms with Gasteiger partial charge in [-0.2, -0.15) is 30.8 Å². The van der Waals surface area contributed by atoms with Crippen LogP contribution in [0.3, 0.4) is 0 Å². The van der Waals surface area contributed by atoms with Crippen molar-refractivity contribution in [3.63, 3.8) is 0 Å². The fraction of sp³-hybridized carbons (Fsp3) is 0. The summed E-state index contributed by atoms with van der Waals surface area (Å²) in [4.78, 5) is 0. The van der Waals surface area contributed by atoms with Crippen LogP contribution in [0, 0.1) is 0 Å². The fourth-order valence-corrected chi connectivity index (χ4v) is 1.47. The first-order chi connectivity index (χ1) is 9.97. The largest absolute Gasteiger partial charge is 0.198 e. The van der Waals surface area contributed by atoms with Crippen LogP contribution in [0.5, 0.6) is 0 Å². The van der Waals surface area contributed by atoms with Gasteiger partial charge in [0, 0.05) is 27.3 Å². The molecule has 4 aromatic rings. The summed E-state index contributed by atoms with van der Waals surface area (Å²) in [6, 6.07) is 16.7. The van der Waals surface area contributed by atoms with E-state index in [1.54, 1.807) is 24.8 Å². The molecule has 6 nitrogen and oxygen atoms in total. The third kappa shape index (κ3) is 6.75. The summed E-state index contributed by atoms with van der Waals surface area (Å²) in [5.41, 5.74) is 0. The number of nitrogens with zero attached hydrogens (tertiary/aromatic N) is 4. The van der Waals surface area contributed by atoms with Crippen molar-refractivity contribution in [1.29, 1.82) is 0 Å². The van der Waals surface area contributed by atoms with Crippen molar-refractivity contribution >= 4 is 10.8 Å². The zero-order valence-electron chi connectivity index (χ0n) is 11.4. The number of H-pyrrole nitrogens is 2. The van der Waals surface area contributed by atoms with Crippen molar-refractivity contribution < 1.29 is 27.3 Å². The first-order valence-corrected chi connectivity index (χ1v) is 6.00. The smallest absolute Gasteiger partial charge is 0.0690 e. The van der Waals surface area contributed by atoms with Crippen LogP contribution in [0.25, 0.3) is 10.8 Å². The number of hydrogen-bond donors (Lipinski definition) is 2. The monoisotopic (exact) mass is 380 g/mol. The van der Waals surface area contributed by atoms with Crippen molar-refractivity contribution in [1.82, 2.24) is 30.8 Å². The third-order valence-electron chi connectivity index (χ3n) is 2.32. The Morgan fingerprint density at radius 2 is 0.810 bits per heavy atom. The molecule has 0 amide bonds. The minimum absolute atomic E-state index is 0. The normalized spacial score (nSPS) is 8.57. The van der Waals surface area contributed by atoms with Crippen molar-refractivity contribution in [2.24, 2.45) is 0 Å². The van der Waals surface area contributed by atoms with E-state index in [1.165, 1.54) is 10.8 Å². The molecule has 0 radical (unpaired) electrons. The first kappa shape index (κ1) is 17.0. The van der Waals surface area contributed by atoms with Crippen LogP contribution in [-0.4, -0.2) is 30.8 Å². The molecule has 102 valence electrons. The average Bonchev–Trinajstić information content (AvgIpc) is 3.25. The topological polar surface area (TPSA) is 83.1 Å². The van der Waals surface area contributed by atoms with Crippen LogP contribution >= 0.6 is 0 Å². The Labute approximate surface area is 142 Å². The van der Waals surface area contributed by atoms with Crippen molar-refractivity contribution in [3.8, 4) is 0 Å². The van der Waals surface area contributed by atoms with Gasteiger partial charge < -0.3 is 0 Å². The molecule has 2 heterocycles. The molecule has 0 saturated heterocycles. The van der Waals surface area contributed by atoms with E-state index < -0.39 is 0 Å². The van der Waals surface area contributed by atoms with Gasteiger partial charge in [-0.25, -0.2) is 0 Å². The van der Waals surface area contributed by atoms with E-state index in [-0.39, 0.29) is 27.3 Å². The molecule has 0 fully saturated rings. The standard InChI is InChI=1S/C10H8.2C2H3N3.Cd/c1-2-6-10-8-4-3-7-9(10)5-1;2*1-2-4-5-3-1;/h1-8H;2*1-2H,(H,3,4,5);. The van der Waals surface area contributed by atoms with Gasteiger partial charge in [0.05, 0.1) is 24.8 Å². The second-order valence-corrected chi connectivity index (χ2v) is 3.66. The summed E-state index contributed by atoms with van der Waals surface area (Å²) in [6.07, 6.45) is 6.33. The summed E-state index contributed by atoms with van der Waals surface area (Å²) in [6.45, 7) is 0. The summed E-state index contributed by atoms with van der Waals surface area (Å²) in [5, 5.41) is 21.3. The molecular weight excluding hydrogens is 365 g/mol. The van der Waals surface area contributed by atoms with Crippen LogP contribution < -0.4 is 0 Å². The molecule has 0 spiro atoms. The Hall–Kier alpha value is -2.10. The van der Waals surface area contributed by atoms with Crippen LogP contribution in [0.2, 0.25) is 0 Å². The maximum Gasteiger partial charge on any atom is 0.0690 e. The van der Waals surface area contributed by atoms with Gasteiger partial charge in [0.1, 0.15) is 0 Å². The molecule has 21 heavy (non-hydrogen) atoms. The van der Waals surface area contributed by atoms with Gasteiger partial charge in [-0.1, -0.05) is 48.5 Å². The molecule has 2 aromatic heterocycles. The van der Waals surface area contributed by atoms with E-state index in [0.717, 1.165) is 0 Å². The Kier molecular flexibility index (Phi) is 8.61. The molecule has 2 aromatic carbocycles. The second kappa shape index (κ2) is 10.7. The Morgan fingerprint density at radius 3 is 1.00 bits per heavy atom. The molecule has 4 rings (SSSR count). The summed E-state index contributed by atoms with van der Waals surface area (Å²) in [7, 11) is 0. The predicted octanol–water partition coefficient (Wildman–Crippen LogP) is 2.45. The van der Waals surface area contributed by atoms with E-state index in [4.69, 9.17) is 0 Å². The van der Waals surface area contributed by atoms with E-state index in [9.17, 15) is 0 Å². The van der Waals surface area contributed by atoms with Crippen molar-refractivity contribution in [3.05, 3.63) is 73.3 Å². The molecule has 0 unspecified atom stereocenters. The van der Waals surface area contributed by atoms with E-state index >= 15 is 0 Å². The molecule has 0 aliphatic rings. The molecule has 0 saturated carbocycles. The van der Waals surface area contributed by atoms with Gasteiger partial charge in [-0.3, -0.25) is 0 Å². The Balaban J connectivity index is 0.000000171. The number of aromatic nitrogens is 6. The van der Waals surface area contributed by atoms with Crippen LogP contribution in [0.1, 0.15) is 0 Å². The maximum atomic E-state index is 3.49. The number of benzene rings is 2. The SMILES string of the molecule is [Cd].c1ccc2ccccc2c1.c1cn[nH]n1.c1cn[nH]n1. The van der Waals surface area contributed by atoms with E-state index in [2.05, 4.69) is 79.4 Å². The van der Waals surface area contributed by atoms with Crippen LogP contribution in [0.15, 0.2) is 73.3 Å². The van der Waals surface area contributed by atoms with Gasteiger partial charge in [-0.15, -0.1) is 0 Å². The van der Waals surface area contributed by atoms with Gasteiger partial charge in [0.2, 0.25) is 0 Å². The summed E-state index contributed by atoms with van der Waals surface area (Å²) < 4.78 is 0. The zero-order valence-corrected chi connectivity index (χ0v) is 15.5. The number of fused-ring (bicyclic) bond motifs is 1. The van der Waals surface area contributed by atoms with E-state index in [1.807, 2.05) is 0 Å². The average molecular weight is 379 g/mol. The molecule has 0 aliphatic heterocycles. The molecule has 0 bridgehead atoms. The predicted molar refractivity (Wildman–Crippen MR) is 76.7 cm³/mol. The molecule has 0 atom stereocenters. The summed E-state index contributed by atoms with van der Waals surface area (Å²) in [5.74, 6) is 0. The maximum absolute atomic E-state index is 3.49. The number of nitrogens with one attached hydrogen (secondary N) is 2. The minimum atomic E-state index is 0. The van der Waals surface area contributed by atoms with Gasteiger partial charge in [0.25, 0.3) is 0 Å². The molecule has 7 heteroatoms. The van der Waals surface area contributed by atoms with Gasteiger partial charge in [0.15, 0.2) is 0 Å². The van der Waals surface area contributed by atoms with Crippen LogP contribution in [-0.2, 0) is 27.3 Å². The second-order valence-electron chi connectivity index (χ2n) is 3.66. The van der Waals surface area contributed by atoms with Crippen molar-refractivity contribution in [2.45, 2.75) is 0 Å². The first-order valence-electron chi connectivity index (χ1n) is 6.00. The Bertz CT molecular complexity index is 555. The minimum Gasteiger partial charge on any atom is -0.198 e. The van der Waals surface area contributed by atoms with Crippen molar-refractivity contribution in [2.75, 3.05) is 0 Å². The zero-order chi connectivity index (χ0) is 13.9.